The highest BCUT2D eigenvalue weighted by Crippen LogP contribution is 2.22. The van der Waals surface area contributed by atoms with Crippen LogP contribution in [0.4, 0.5) is 0 Å². The van der Waals surface area contributed by atoms with Crippen LogP contribution in [0.25, 0.3) is 0 Å². The normalized spacial score (nSPS) is 12.9. The Morgan fingerprint density at radius 2 is 1.91 bits per heavy atom. The van der Waals surface area contributed by atoms with Crippen molar-refractivity contribution in [3.63, 3.8) is 0 Å². The summed E-state index contributed by atoms with van der Waals surface area (Å²) in [5.74, 6) is -0.213. The first kappa shape index (κ1) is 16.5. The zero-order valence-electron chi connectivity index (χ0n) is 12.1. The van der Waals surface area contributed by atoms with Gasteiger partial charge in [-0.3, -0.25) is 4.79 Å². The molecule has 0 radical (unpaired) electrons. The molecule has 1 unspecified atom stereocenters. The van der Waals surface area contributed by atoms with Crippen LogP contribution in [0.1, 0.15) is 29.0 Å². The second kappa shape index (κ2) is 6.12. The molecule has 0 spiro atoms. The highest BCUT2D eigenvalue weighted by molar-refractivity contribution is 7.89. The van der Waals surface area contributed by atoms with Crippen LogP contribution in [0.2, 0.25) is 5.02 Å². The zero-order chi connectivity index (χ0) is 16.5. The molecule has 118 valence electrons. The molecule has 1 amide bonds. The van der Waals surface area contributed by atoms with E-state index in [1.807, 2.05) is 6.92 Å². The standard InChI is InChI=1S/C14H16ClN3O3S/c1-9(10-3-5-12(6-4-10)22(16,20)21)18(2)14(19)13-7-11(15)8-17-13/h3-9,17H,1-2H3,(H2,16,20,21). The lowest BCUT2D eigenvalue weighted by molar-refractivity contribution is 0.0737. The Bertz CT molecular complexity index is 784. The molecule has 0 aliphatic carbocycles. The van der Waals surface area contributed by atoms with Gasteiger partial charge in [0.05, 0.1) is 16.0 Å². The van der Waals surface area contributed by atoms with Crippen molar-refractivity contribution >= 4 is 27.5 Å². The number of hydrogen-bond donors (Lipinski definition) is 2. The number of carbonyl (C=O) groups is 1. The highest BCUT2D eigenvalue weighted by Gasteiger charge is 2.20. The Balaban J connectivity index is 2.20. The monoisotopic (exact) mass is 341 g/mol. The number of primary sulfonamides is 1. The number of benzene rings is 1. The molecule has 0 aliphatic heterocycles. The molecule has 0 aliphatic rings. The summed E-state index contributed by atoms with van der Waals surface area (Å²) in [6.07, 6.45) is 1.54. The van der Waals surface area contributed by atoms with Crippen LogP contribution in [-0.4, -0.2) is 31.3 Å². The second-order valence-corrected chi connectivity index (χ2v) is 6.94. The molecule has 3 N–H and O–H groups in total. The van der Waals surface area contributed by atoms with Crippen molar-refractivity contribution in [2.45, 2.75) is 17.9 Å². The maximum Gasteiger partial charge on any atom is 0.270 e. The van der Waals surface area contributed by atoms with E-state index in [4.69, 9.17) is 16.7 Å². The summed E-state index contributed by atoms with van der Waals surface area (Å²) in [6, 6.07) is 7.42. The number of hydrogen-bond acceptors (Lipinski definition) is 3. The third-order valence-corrected chi connectivity index (χ3v) is 4.62. The van der Waals surface area contributed by atoms with Crippen LogP contribution in [0.5, 0.6) is 0 Å². The summed E-state index contributed by atoms with van der Waals surface area (Å²) in [7, 11) is -2.06. The molecule has 2 aromatic rings. The van der Waals surface area contributed by atoms with Gasteiger partial charge in [-0.15, -0.1) is 0 Å². The van der Waals surface area contributed by atoms with E-state index < -0.39 is 10.0 Å². The number of aromatic nitrogens is 1. The van der Waals surface area contributed by atoms with E-state index in [0.717, 1.165) is 5.56 Å². The highest BCUT2D eigenvalue weighted by atomic mass is 35.5. The van der Waals surface area contributed by atoms with Gasteiger partial charge in [-0.1, -0.05) is 23.7 Å². The van der Waals surface area contributed by atoms with E-state index in [2.05, 4.69) is 4.98 Å². The molecule has 1 heterocycles. The third kappa shape index (κ3) is 3.49. The molecule has 0 saturated carbocycles. The van der Waals surface area contributed by atoms with Crippen LogP contribution < -0.4 is 5.14 Å². The van der Waals surface area contributed by atoms with Crippen molar-refractivity contribution in [3.05, 3.63) is 52.8 Å². The maximum absolute atomic E-state index is 12.3. The van der Waals surface area contributed by atoms with Crippen molar-refractivity contribution in [1.82, 2.24) is 9.88 Å². The summed E-state index contributed by atoms with van der Waals surface area (Å²) in [4.78, 5) is 16.7. The van der Waals surface area contributed by atoms with Crippen LogP contribution >= 0.6 is 11.6 Å². The molecule has 2 rings (SSSR count). The van der Waals surface area contributed by atoms with Gasteiger partial charge >= 0.3 is 0 Å². The number of H-pyrrole nitrogens is 1. The summed E-state index contributed by atoms with van der Waals surface area (Å²) in [6.45, 7) is 1.84. The molecule has 1 aromatic carbocycles. The minimum atomic E-state index is -3.72. The number of halogens is 1. The largest absolute Gasteiger partial charge is 0.356 e. The number of nitrogens with one attached hydrogen (secondary N) is 1. The number of nitrogens with two attached hydrogens (primary N) is 1. The Morgan fingerprint density at radius 3 is 2.36 bits per heavy atom. The minimum Gasteiger partial charge on any atom is -0.356 e. The Hall–Kier alpha value is -1.83. The molecule has 8 heteroatoms. The fraction of sp³-hybridized carbons (Fsp3) is 0.214. The Morgan fingerprint density at radius 1 is 1.32 bits per heavy atom. The number of rotatable bonds is 4. The quantitative estimate of drug-likeness (QED) is 0.891. The molecular formula is C14H16ClN3O3S. The van der Waals surface area contributed by atoms with E-state index in [1.54, 1.807) is 25.2 Å². The van der Waals surface area contributed by atoms with E-state index >= 15 is 0 Å². The average molecular weight is 342 g/mol. The van der Waals surface area contributed by atoms with E-state index in [0.29, 0.717) is 10.7 Å². The van der Waals surface area contributed by atoms with Gasteiger partial charge < -0.3 is 9.88 Å². The topological polar surface area (TPSA) is 96.3 Å². The van der Waals surface area contributed by atoms with Gasteiger partial charge in [0.25, 0.3) is 5.91 Å². The van der Waals surface area contributed by atoms with Crippen LogP contribution in [0.3, 0.4) is 0 Å². The smallest absolute Gasteiger partial charge is 0.270 e. The maximum atomic E-state index is 12.3. The molecule has 0 fully saturated rings. The van der Waals surface area contributed by atoms with Gasteiger partial charge in [0.2, 0.25) is 10.0 Å². The SMILES string of the molecule is CC(c1ccc(S(N)(=O)=O)cc1)N(C)C(=O)c1cc(Cl)c[nH]1. The molecule has 0 saturated heterocycles. The van der Waals surface area contributed by atoms with Crippen molar-refractivity contribution in [1.29, 1.82) is 0 Å². The van der Waals surface area contributed by atoms with Crippen LogP contribution in [0.15, 0.2) is 41.4 Å². The van der Waals surface area contributed by atoms with Gasteiger partial charge in [-0.05, 0) is 30.7 Å². The summed E-state index contributed by atoms with van der Waals surface area (Å²) in [5.41, 5.74) is 1.18. The van der Waals surface area contributed by atoms with Crippen molar-refractivity contribution in [2.24, 2.45) is 5.14 Å². The number of carbonyl (C=O) groups excluding carboxylic acids is 1. The molecule has 6 nitrogen and oxygen atoms in total. The molecule has 1 atom stereocenters. The summed E-state index contributed by atoms with van der Waals surface area (Å²) >= 11 is 5.80. The second-order valence-electron chi connectivity index (χ2n) is 4.94. The molecule has 1 aromatic heterocycles. The van der Waals surface area contributed by atoms with Gasteiger partial charge in [-0.2, -0.15) is 0 Å². The molecule has 22 heavy (non-hydrogen) atoms. The van der Waals surface area contributed by atoms with Crippen molar-refractivity contribution in [3.8, 4) is 0 Å². The third-order valence-electron chi connectivity index (χ3n) is 3.47. The lowest BCUT2D eigenvalue weighted by Gasteiger charge is -2.25. The first-order valence-electron chi connectivity index (χ1n) is 6.44. The first-order chi connectivity index (χ1) is 10.2. The fourth-order valence-electron chi connectivity index (χ4n) is 2.02. The first-order valence-corrected chi connectivity index (χ1v) is 8.36. The fourth-order valence-corrected chi connectivity index (χ4v) is 2.70. The lowest BCUT2D eigenvalue weighted by atomic mass is 10.1. The van der Waals surface area contributed by atoms with Gasteiger partial charge in [0, 0.05) is 13.2 Å². The minimum absolute atomic E-state index is 0.0357. The van der Waals surface area contributed by atoms with E-state index in [-0.39, 0.29) is 16.8 Å². The van der Waals surface area contributed by atoms with E-state index in [9.17, 15) is 13.2 Å². The van der Waals surface area contributed by atoms with Gasteiger partial charge in [0.15, 0.2) is 0 Å². The predicted molar refractivity (Wildman–Crippen MR) is 84.1 cm³/mol. The zero-order valence-corrected chi connectivity index (χ0v) is 13.6. The summed E-state index contributed by atoms with van der Waals surface area (Å²) in [5, 5.41) is 5.52. The number of nitrogens with zero attached hydrogens (tertiary/aromatic N) is 1. The Labute approximate surface area is 133 Å². The van der Waals surface area contributed by atoms with Crippen LogP contribution in [0, 0.1) is 0 Å². The van der Waals surface area contributed by atoms with Gasteiger partial charge in [-0.25, -0.2) is 13.6 Å². The summed E-state index contributed by atoms with van der Waals surface area (Å²) < 4.78 is 22.5. The number of aromatic amines is 1. The predicted octanol–water partition coefficient (Wildman–Crippen LogP) is 2.15. The van der Waals surface area contributed by atoms with Crippen LogP contribution in [-0.2, 0) is 10.0 Å². The van der Waals surface area contributed by atoms with E-state index in [1.165, 1.54) is 23.2 Å². The number of amides is 1. The van der Waals surface area contributed by atoms with Crippen molar-refractivity contribution in [2.75, 3.05) is 7.05 Å². The molecular weight excluding hydrogens is 326 g/mol. The average Bonchev–Trinajstić information content (AvgIpc) is 2.90. The number of sulfonamides is 1. The van der Waals surface area contributed by atoms with Crippen molar-refractivity contribution < 1.29 is 13.2 Å². The lowest BCUT2D eigenvalue weighted by Crippen LogP contribution is -2.29. The molecule has 0 bridgehead atoms. The van der Waals surface area contributed by atoms with Gasteiger partial charge in [0.1, 0.15) is 5.69 Å². The Kier molecular flexibility index (Phi) is 4.60.